The Morgan fingerprint density at radius 1 is 1.54 bits per heavy atom. The van der Waals surface area contributed by atoms with E-state index in [4.69, 9.17) is 14.2 Å². The summed E-state index contributed by atoms with van der Waals surface area (Å²) in [5.74, 6) is 1.74. The van der Waals surface area contributed by atoms with Crippen molar-refractivity contribution >= 4 is 5.91 Å². The molecule has 1 atom stereocenters. The van der Waals surface area contributed by atoms with Crippen molar-refractivity contribution in [2.75, 3.05) is 20.1 Å². The largest absolute Gasteiger partial charge is 0.450 e. The number of carbonyl (C=O) groups excluding carboxylic acids is 1. The second-order valence-electron chi connectivity index (χ2n) is 6.03. The van der Waals surface area contributed by atoms with Gasteiger partial charge in [0.05, 0.1) is 12.1 Å². The number of nitrogens with zero attached hydrogens (tertiary/aromatic N) is 5. The summed E-state index contributed by atoms with van der Waals surface area (Å²) >= 11 is 0. The molecule has 1 unspecified atom stereocenters. The smallest absolute Gasteiger partial charge is 0.257 e. The lowest BCUT2D eigenvalue weighted by atomic mass is 10.2. The van der Waals surface area contributed by atoms with Gasteiger partial charge in [-0.15, -0.1) is 0 Å². The monoisotopic (exact) mass is 329 g/mol. The van der Waals surface area contributed by atoms with Gasteiger partial charge in [-0.1, -0.05) is 5.16 Å². The van der Waals surface area contributed by atoms with E-state index in [1.807, 2.05) is 13.1 Å². The highest BCUT2D eigenvalue weighted by molar-refractivity contribution is 5.95. The summed E-state index contributed by atoms with van der Waals surface area (Å²) in [6.45, 7) is 5.33. The molecule has 0 radical (unpaired) electrons. The van der Waals surface area contributed by atoms with Crippen LogP contribution in [0.25, 0.3) is 0 Å². The van der Waals surface area contributed by atoms with Crippen LogP contribution in [0.15, 0.2) is 15.0 Å². The fourth-order valence-corrected chi connectivity index (χ4v) is 2.96. The highest BCUT2D eigenvalue weighted by Crippen LogP contribution is 2.21. The predicted octanol–water partition coefficient (Wildman–Crippen LogP) is 1.50. The van der Waals surface area contributed by atoms with E-state index in [9.17, 15) is 4.79 Å². The number of furan rings is 1. The lowest BCUT2D eigenvalue weighted by molar-refractivity contribution is 0.0777. The van der Waals surface area contributed by atoms with Gasteiger partial charge in [0.25, 0.3) is 5.91 Å². The molecule has 3 heterocycles. The predicted molar refractivity (Wildman–Crippen MR) is 83.0 cm³/mol. The molecule has 2 aromatic heterocycles. The first-order valence-corrected chi connectivity index (χ1v) is 7.77. The number of likely N-dealkylation sites (N-methyl/N-ethyl adjacent to an activating group) is 1. The van der Waals surface area contributed by atoms with Gasteiger partial charge in [-0.3, -0.25) is 9.69 Å². The van der Waals surface area contributed by atoms with Crippen LogP contribution >= 0.6 is 0 Å². The quantitative estimate of drug-likeness (QED) is 0.838. The molecule has 1 fully saturated rings. The van der Waals surface area contributed by atoms with Gasteiger partial charge in [-0.05, 0) is 20.4 Å². The van der Waals surface area contributed by atoms with Crippen molar-refractivity contribution in [1.29, 1.82) is 5.26 Å². The normalized spacial score (nSPS) is 17.5. The molecule has 1 aliphatic heterocycles. The van der Waals surface area contributed by atoms with Crippen molar-refractivity contribution in [1.82, 2.24) is 19.9 Å². The minimum atomic E-state index is -0.0935. The van der Waals surface area contributed by atoms with E-state index in [1.54, 1.807) is 18.7 Å². The van der Waals surface area contributed by atoms with Crippen LogP contribution in [0.4, 0.5) is 0 Å². The molecule has 126 valence electrons. The first kappa shape index (κ1) is 16.2. The fraction of sp³-hybridized carbons (Fsp3) is 0.500. The van der Waals surface area contributed by atoms with Crippen molar-refractivity contribution in [3.63, 3.8) is 0 Å². The number of nitriles is 1. The van der Waals surface area contributed by atoms with Gasteiger partial charge in [0.2, 0.25) is 11.7 Å². The zero-order valence-electron chi connectivity index (χ0n) is 13.9. The second-order valence-corrected chi connectivity index (χ2v) is 6.03. The summed E-state index contributed by atoms with van der Waals surface area (Å²) in [4.78, 5) is 20.7. The molecule has 1 saturated heterocycles. The average Bonchev–Trinajstić information content (AvgIpc) is 3.26. The number of carbonyl (C=O) groups is 1. The van der Waals surface area contributed by atoms with Crippen LogP contribution in [-0.4, -0.2) is 52.0 Å². The molecule has 0 bridgehead atoms. The first-order chi connectivity index (χ1) is 11.5. The van der Waals surface area contributed by atoms with Gasteiger partial charge < -0.3 is 13.8 Å². The van der Waals surface area contributed by atoms with Crippen LogP contribution < -0.4 is 0 Å². The topological polar surface area (TPSA) is 99.4 Å². The Morgan fingerprint density at radius 2 is 2.33 bits per heavy atom. The van der Waals surface area contributed by atoms with E-state index < -0.39 is 0 Å². The Hall–Kier alpha value is -2.66. The summed E-state index contributed by atoms with van der Waals surface area (Å²) in [7, 11) is 1.99. The standard InChI is InChI=1S/C16H19N5O3/c1-10-14(6-13(7-17)23-10)16(22)21-5-4-12(8-21)20(3)9-15-18-11(2)24-19-15/h6,12H,4-5,8-9H2,1-3H3. The molecule has 8 nitrogen and oxygen atoms in total. The Morgan fingerprint density at radius 3 is 2.96 bits per heavy atom. The second kappa shape index (κ2) is 6.45. The van der Waals surface area contributed by atoms with E-state index in [0.29, 0.717) is 42.7 Å². The summed E-state index contributed by atoms with van der Waals surface area (Å²) in [6.07, 6.45) is 0.876. The maximum absolute atomic E-state index is 12.6. The molecular formula is C16H19N5O3. The van der Waals surface area contributed by atoms with Gasteiger partial charge >= 0.3 is 0 Å². The van der Waals surface area contributed by atoms with Gasteiger partial charge in [-0.2, -0.15) is 10.2 Å². The zero-order valence-corrected chi connectivity index (χ0v) is 13.9. The average molecular weight is 329 g/mol. The van der Waals surface area contributed by atoms with Gasteiger partial charge in [-0.25, -0.2) is 0 Å². The number of hydrogen-bond acceptors (Lipinski definition) is 7. The van der Waals surface area contributed by atoms with E-state index in [0.717, 1.165) is 6.42 Å². The maximum Gasteiger partial charge on any atom is 0.257 e. The third-order valence-electron chi connectivity index (χ3n) is 4.29. The number of rotatable bonds is 4. The van der Waals surface area contributed by atoms with Gasteiger partial charge in [0.1, 0.15) is 11.8 Å². The molecular weight excluding hydrogens is 310 g/mol. The van der Waals surface area contributed by atoms with Crippen LogP contribution in [0.5, 0.6) is 0 Å². The molecule has 0 spiro atoms. The van der Waals surface area contributed by atoms with Crippen molar-refractivity contribution in [3.8, 4) is 6.07 Å². The Balaban J connectivity index is 1.63. The number of likely N-dealkylation sites (tertiary alicyclic amines) is 1. The van der Waals surface area contributed by atoms with Gasteiger partial charge in [0, 0.05) is 32.1 Å². The highest BCUT2D eigenvalue weighted by Gasteiger charge is 2.31. The molecule has 3 rings (SSSR count). The molecule has 0 aromatic carbocycles. The van der Waals surface area contributed by atoms with Crippen molar-refractivity contribution < 1.29 is 13.7 Å². The van der Waals surface area contributed by atoms with E-state index in [-0.39, 0.29) is 17.7 Å². The number of amides is 1. The summed E-state index contributed by atoms with van der Waals surface area (Å²) in [6, 6.07) is 3.66. The van der Waals surface area contributed by atoms with Crippen molar-refractivity contribution in [3.05, 3.63) is 34.9 Å². The van der Waals surface area contributed by atoms with E-state index in [2.05, 4.69) is 15.0 Å². The molecule has 0 N–H and O–H groups in total. The minimum absolute atomic E-state index is 0.0935. The molecule has 24 heavy (non-hydrogen) atoms. The van der Waals surface area contributed by atoms with E-state index >= 15 is 0 Å². The third kappa shape index (κ3) is 3.16. The lowest BCUT2D eigenvalue weighted by Crippen LogP contribution is -2.36. The molecule has 1 amide bonds. The van der Waals surface area contributed by atoms with Gasteiger partial charge in [0.15, 0.2) is 5.82 Å². The fourth-order valence-electron chi connectivity index (χ4n) is 2.96. The first-order valence-electron chi connectivity index (χ1n) is 7.77. The van der Waals surface area contributed by atoms with Crippen LogP contribution in [0.2, 0.25) is 0 Å². The minimum Gasteiger partial charge on any atom is -0.450 e. The zero-order chi connectivity index (χ0) is 17.3. The number of aromatic nitrogens is 2. The number of hydrogen-bond donors (Lipinski definition) is 0. The third-order valence-corrected chi connectivity index (χ3v) is 4.29. The number of aryl methyl sites for hydroxylation is 2. The molecule has 0 saturated carbocycles. The SMILES string of the molecule is Cc1nc(CN(C)C2CCN(C(=O)c3cc(C#N)oc3C)C2)no1. The van der Waals surface area contributed by atoms with Crippen molar-refractivity contribution in [2.45, 2.75) is 32.9 Å². The van der Waals surface area contributed by atoms with Crippen LogP contribution in [0.3, 0.4) is 0 Å². The molecule has 8 heteroatoms. The summed E-state index contributed by atoms with van der Waals surface area (Å²) < 4.78 is 10.2. The van der Waals surface area contributed by atoms with Crippen LogP contribution in [0, 0.1) is 25.2 Å². The Labute approximate surface area is 139 Å². The lowest BCUT2D eigenvalue weighted by Gasteiger charge is -2.23. The molecule has 2 aromatic rings. The van der Waals surface area contributed by atoms with Crippen LogP contribution in [-0.2, 0) is 6.54 Å². The molecule has 0 aliphatic carbocycles. The van der Waals surface area contributed by atoms with E-state index in [1.165, 1.54) is 6.07 Å². The highest BCUT2D eigenvalue weighted by atomic mass is 16.5. The summed E-state index contributed by atoms with van der Waals surface area (Å²) in [5, 5.41) is 12.8. The Kier molecular flexibility index (Phi) is 4.36. The summed E-state index contributed by atoms with van der Waals surface area (Å²) in [5.41, 5.74) is 0.462. The Bertz CT molecular complexity index is 788. The van der Waals surface area contributed by atoms with Crippen LogP contribution in [0.1, 0.15) is 40.0 Å². The molecule has 1 aliphatic rings. The maximum atomic E-state index is 12.6. The van der Waals surface area contributed by atoms with Crippen molar-refractivity contribution in [2.24, 2.45) is 0 Å².